The van der Waals surface area contributed by atoms with Crippen LogP contribution in [-0.4, -0.2) is 93.2 Å². The zero-order valence-corrected chi connectivity index (χ0v) is 26.1. The number of hydrogen-bond donors (Lipinski definition) is 5. The first kappa shape index (κ1) is 31.5. The number of primary amides is 1. The number of fused-ring (bicyclic) bond motifs is 3. The van der Waals surface area contributed by atoms with E-state index in [1.54, 1.807) is 38.3 Å². The molecule has 2 unspecified atom stereocenters. The number of benzene rings is 2. The van der Waals surface area contributed by atoms with Gasteiger partial charge in [0, 0.05) is 16.9 Å². The molecule has 6 rings (SSSR count). The molecule has 14 heteroatoms. The number of methoxy groups -OCH3 is 1. The lowest BCUT2D eigenvalue weighted by Gasteiger charge is -2.56. The fourth-order valence-electron chi connectivity index (χ4n) is 7.43. The molecule has 1 heterocycles. The van der Waals surface area contributed by atoms with Crippen LogP contribution < -0.4 is 15.8 Å². The van der Waals surface area contributed by atoms with Gasteiger partial charge in [-0.2, -0.15) is 0 Å². The molecule has 2 fully saturated rings. The van der Waals surface area contributed by atoms with Crippen molar-refractivity contribution in [3.8, 4) is 22.8 Å². The Morgan fingerprint density at radius 2 is 1.76 bits per heavy atom. The fraction of sp³-hybridized carbons (Fsp3) is 0.375. The second-order valence-corrected chi connectivity index (χ2v) is 13.0. The largest absolute Gasteiger partial charge is 0.505 e. The number of hydrogen-bond acceptors (Lipinski definition) is 13. The molecule has 3 aliphatic carbocycles. The third kappa shape index (κ3) is 4.39. The highest BCUT2D eigenvalue weighted by Crippen LogP contribution is 2.55. The van der Waals surface area contributed by atoms with E-state index >= 15 is 0 Å². The highest BCUT2D eigenvalue weighted by Gasteiger charge is 2.72. The number of anilines is 2. The number of carbonyl (C=O) groups excluding carboxylic acids is 5. The summed E-state index contributed by atoms with van der Waals surface area (Å²) in [6.07, 6.45) is -1.69. The lowest BCUT2D eigenvalue weighted by atomic mass is 9.49. The second-order valence-electron chi connectivity index (χ2n) is 12.2. The number of likely N-dealkylation sites (N-methyl/N-ethyl adjacent to an activating group) is 1. The minimum Gasteiger partial charge on any atom is -0.505 e. The number of rotatable bonds is 6. The predicted octanol–water partition coefficient (Wildman–Crippen LogP) is 1.27. The molecule has 1 amide bonds. The fourth-order valence-corrected chi connectivity index (χ4v) is 8.16. The molecule has 2 saturated carbocycles. The standard InChI is InChI=1S/C32H32N4O9S/c1-12-15-9-10-16(34-31-35-17(11-46-31)13-5-7-14(45-4)8-6-13)24(37)19(15)25(38)20-18(12)26(39)22-23(36(2)3)27(40)21(30(33)43)29(42)32(22,44)28(20)41/h5-12,18,20-23,26,37,39,44H,1-4H3,(H2,33,43)(H,34,35)/t12-,18+,20?,21?,22+,23-,26-,32-/m1/s1. The van der Waals surface area contributed by atoms with Crippen LogP contribution >= 0.6 is 11.3 Å². The minimum atomic E-state index is -3.06. The smallest absolute Gasteiger partial charge is 0.235 e. The van der Waals surface area contributed by atoms with Gasteiger partial charge >= 0.3 is 0 Å². The van der Waals surface area contributed by atoms with Crippen LogP contribution in [0.25, 0.3) is 11.3 Å². The van der Waals surface area contributed by atoms with Gasteiger partial charge in [-0.15, -0.1) is 11.3 Å². The quantitative estimate of drug-likeness (QED) is 0.189. The highest BCUT2D eigenvalue weighted by molar-refractivity contribution is 7.14. The van der Waals surface area contributed by atoms with E-state index < -0.39 is 82.1 Å². The first-order chi connectivity index (χ1) is 21.7. The van der Waals surface area contributed by atoms with E-state index in [0.717, 1.165) is 5.56 Å². The van der Waals surface area contributed by atoms with E-state index in [2.05, 4.69) is 10.3 Å². The van der Waals surface area contributed by atoms with Crippen LogP contribution in [0.5, 0.6) is 11.5 Å². The molecule has 3 aliphatic rings. The summed E-state index contributed by atoms with van der Waals surface area (Å²) in [6.45, 7) is 1.65. The van der Waals surface area contributed by atoms with Gasteiger partial charge < -0.3 is 31.1 Å². The maximum absolute atomic E-state index is 14.1. The monoisotopic (exact) mass is 648 g/mol. The normalized spacial score (nSPS) is 30.5. The number of phenolic OH excluding ortho intramolecular Hbond substituents is 1. The number of aliphatic hydroxyl groups is 2. The number of nitrogens with zero attached hydrogens (tertiary/aromatic N) is 2. The molecule has 1 aromatic heterocycles. The number of phenols is 1. The summed E-state index contributed by atoms with van der Waals surface area (Å²) in [7, 11) is 4.46. The molecule has 3 aromatic rings. The number of nitrogens with one attached hydrogen (secondary N) is 1. The Hall–Kier alpha value is -4.50. The SMILES string of the molecule is COc1ccc(-c2csc(Nc3ccc4c(c3O)C(=O)C3C(=O)[C@@]5(O)C(=O)C(C(N)=O)C(=O)[C@H](N(C)C)[C@H]5[C@H](O)[C@H]3[C@@H]4C)n2)cc1. The van der Waals surface area contributed by atoms with Crippen LogP contribution in [0.3, 0.4) is 0 Å². The van der Waals surface area contributed by atoms with Gasteiger partial charge in [0.15, 0.2) is 39.8 Å². The van der Waals surface area contributed by atoms with Gasteiger partial charge in [0.25, 0.3) is 0 Å². The molecular formula is C32H32N4O9S. The average molecular weight is 649 g/mol. The molecule has 0 radical (unpaired) electrons. The maximum Gasteiger partial charge on any atom is 0.235 e. The summed E-state index contributed by atoms with van der Waals surface area (Å²) in [5, 5.41) is 40.1. The zero-order valence-electron chi connectivity index (χ0n) is 25.3. The molecule has 240 valence electrons. The number of nitrogens with two attached hydrogens (primary N) is 1. The van der Waals surface area contributed by atoms with E-state index in [9.17, 15) is 39.3 Å². The topological polar surface area (TPSA) is 209 Å². The summed E-state index contributed by atoms with van der Waals surface area (Å²) in [4.78, 5) is 73.2. The molecule has 0 saturated heterocycles. The van der Waals surface area contributed by atoms with Crippen molar-refractivity contribution >= 4 is 51.2 Å². The third-order valence-corrected chi connectivity index (χ3v) is 10.4. The lowest BCUT2D eigenvalue weighted by Crippen LogP contribution is -2.77. The van der Waals surface area contributed by atoms with Crippen LogP contribution in [0.1, 0.15) is 28.8 Å². The van der Waals surface area contributed by atoms with Gasteiger partial charge in [0.05, 0.1) is 48.0 Å². The highest BCUT2D eigenvalue weighted by atomic mass is 32.1. The van der Waals surface area contributed by atoms with Crippen molar-refractivity contribution in [3.63, 3.8) is 0 Å². The Labute approximate surface area is 267 Å². The number of Topliss-reactive ketones (excluding diaryl/α,β-unsaturated/α-hetero) is 4. The molecule has 8 atom stereocenters. The number of carbonyl (C=O) groups is 5. The first-order valence-corrected chi connectivity index (χ1v) is 15.4. The van der Waals surface area contributed by atoms with Gasteiger partial charge in [0.2, 0.25) is 5.91 Å². The first-order valence-electron chi connectivity index (χ1n) is 14.5. The second kappa shape index (κ2) is 11.1. The molecule has 46 heavy (non-hydrogen) atoms. The Kier molecular flexibility index (Phi) is 7.59. The minimum absolute atomic E-state index is 0.120. The van der Waals surface area contributed by atoms with Gasteiger partial charge in [-0.25, -0.2) is 4.98 Å². The Balaban J connectivity index is 1.38. The third-order valence-electron chi connectivity index (χ3n) is 9.62. The van der Waals surface area contributed by atoms with Crippen molar-refractivity contribution in [2.45, 2.75) is 30.6 Å². The molecule has 0 aliphatic heterocycles. The van der Waals surface area contributed by atoms with E-state index in [4.69, 9.17) is 10.5 Å². The average Bonchev–Trinajstić information content (AvgIpc) is 3.48. The summed E-state index contributed by atoms with van der Waals surface area (Å²) >= 11 is 1.26. The number of ether oxygens (including phenoxy) is 1. The van der Waals surface area contributed by atoms with Crippen LogP contribution in [0.2, 0.25) is 0 Å². The maximum atomic E-state index is 14.1. The van der Waals surface area contributed by atoms with Crippen LogP contribution in [0.4, 0.5) is 10.8 Å². The number of ketones is 4. The van der Waals surface area contributed by atoms with Crippen LogP contribution in [0, 0.1) is 23.7 Å². The number of aliphatic hydroxyl groups excluding tert-OH is 1. The molecule has 6 N–H and O–H groups in total. The Morgan fingerprint density at radius 1 is 1.09 bits per heavy atom. The molecular weight excluding hydrogens is 616 g/mol. The molecule has 13 nitrogen and oxygen atoms in total. The van der Waals surface area contributed by atoms with E-state index in [-0.39, 0.29) is 11.3 Å². The van der Waals surface area contributed by atoms with Crippen LogP contribution in [0.15, 0.2) is 41.8 Å². The van der Waals surface area contributed by atoms with Gasteiger partial charge in [-0.1, -0.05) is 13.0 Å². The van der Waals surface area contributed by atoms with Crippen molar-refractivity contribution < 1.29 is 44.0 Å². The van der Waals surface area contributed by atoms with Gasteiger partial charge in [0.1, 0.15) is 11.5 Å². The molecule has 2 aromatic carbocycles. The number of amides is 1. The van der Waals surface area contributed by atoms with E-state index in [1.807, 2.05) is 17.5 Å². The molecule has 0 bridgehead atoms. The number of thiazole rings is 1. The van der Waals surface area contributed by atoms with Gasteiger partial charge in [-0.05, 0) is 55.9 Å². The van der Waals surface area contributed by atoms with Crippen molar-refractivity contribution in [1.82, 2.24) is 9.88 Å². The number of aromatic nitrogens is 1. The Morgan fingerprint density at radius 3 is 2.37 bits per heavy atom. The summed E-state index contributed by atoms with van der Waals surface area (Å²) < 4.78 is 5.19. The summed E-state index contributed by atoms with van der Waals surface area (Å²) in [6, 6.07) is 9.00. The van der Waals surface area contributed by atoms with E-state index in [1.165, 1.54) is 30.3 Å². The summed E-state index contributed by atoms with van der Waals surface area (Å²) in [5.41, 5.74) is 4.05. The molecule has 0 spiro atoms. The van der Waals surface area contributed by atoms with Crippen molar-refractivity contribution in [1.29, 1.82) is 0 Å². The lowest BCUT2D eigenvalue weighted by molar-refractivity contribution is -0.196. The zero-order chi connectivity index (χ0) is 33.4. The van der Waals surface area contributed by atoms with Crippen molar-refractivity contribution in [2.24, 2.45) is 29.4 Å². The number of aromatic hydroxyl groups is 1. The Bertz CT molecular complexity index is 1800. The summed E-state index contributed by atoms with van der Waals surface area (Å²) in [5.74, 6) is -13.1. The van der Waals surface area contributed by atoms with Gasteiger partial charge in [-0.3, -0.25) is 28.9 Å². The van der Waals surface area contributed by atoms with Crippen molar-refractivity contribution in [2.75, 3.05) is 26.5 Å². The van der Waals surface area contributed by atoms with E-state index in [0.29, 0.717) is 22.1 Å². The van der Waals surface area contributed by atoms with Crippen LogP contribution in [-0.2, 0) is 19.2 Å². The predicted molar refractivity (Wildman–Crippen MR) is 165 cm³/mol. The van der Waals surface area contributed by atoms with Crippen molar-refractivity contribution in [3.05, 3.63) is 52.9 Å².